The van der Waals surface area contributed by atoms with Gasteiger partial charge in [-0.15, -0.1) is 11.3 Å². The molecular weight excluding hydrogens is 374 g/mol. The van der Waals surface area contributed by atoms with Crippen molar-refractivity contribution < 1.29 is 24.7 Å². The summed E-state index contributed by atoms with van der Waals surface area (Å²) >= 11 is 6.95. The van der Waals surface area contributed by atoms with E-state index in [0.29, 0.717) is 6.42 Å². The third kappa shape index (κ3) is 2.81. The number of amides is 2. The van der Waals surface area contributed by atoms with Gasteiger partial charge >= 0.3 is 5.97 Å². The summed E-state index contributed by atoms with van der Waals surface area (Å²) in [6.07, 6.45) is 0.690. The Labute approximate surface area is 149 Å². The second-order valence-corrected chi connectivity index (χ2v) is 6.69. The van der Waals surface area contributed by atoms with Crippen molar-refractivity contribution in [2.75, 3.05) is 5.73 Å². The van der Waals surface area contributed by atoms with E-state index in [2.05, 4.69) is 15.5 Å². The lowest BCUT2D eigenvalue weighted by Crippen LogP contribution is -2.72. The van der Waals surface area contributed by atoms with Crippen molar-refractivity contribution in [3.8, 4) is 0 Å². The predicted octanol–water partition coefficient (Wildman–Crippen LogP) is -0.0720. The van der Waals surface area contributed by atoms with Crippen LogP contribution in [0.15, 0.2) is 21.3 Å². The Hall–Kier alpha value is -2.66. The lowest BCUT2D eigenvalue weighted by atomic mass is 9.86. The number of allylic oxidation sites excluding steroid dienone is 1. The average Bonchev–Trinajstić information content (AvgIpc) is 2.98. The molecule has 2 unspecified atom stereocenters. The number of carbonyl (C=O) groups excluding carboxylic acids is 2. The summed E-state index contributed by atoms with van der Waals surface area (Å²) in [5.74, 6) is -2.71. The first-order chi connectivity index (χ1) is 11.8. The number of nitrogen functional groups attached to an aromatic ring is 1. The number of carboxylic acid groups (broad SMARTS) is 1. The minimum atomic E-state index is -1.30. The van der Waals surface area contributed by atoms with E-state index in [-0.39, 0.29) is 33.7 Å². The van der Waals surface area contributed by atoms with Gasteiger partial charge in [0.1, 0.15) is 17.4 Å². The van der Waals surface area contributed by atoms with E-state index in [1.54, 1.807) is 0 Å². The van der Waals surface area contributed by atoms with Crippen molar-refractivity contribution in [2.45, 2.75) is 24.9 Å². The maximum atomic E-state index is 12.3. The first-order valence-electron chi connectivity index (χ1n) is 7.04. The Morgan fingerprint density at radius 2 is 2.24 bits per heavy atom. The van der Waals surface area contributed by atoms with E-state index < -0.39 is 29.9 Å². The molecule has 132 valence electrons. The number of halogens is 1. The van der Waals surface area contributed by atoms with Gasteiger partial charge in [-0.3, -0.25) is 14.5 Å². The van der Waals surface area contributed by atoms with Gasteiger partial charge in [0.05, 0.1) is 6.04 Å². The molecule has 0 bridgehead atoms. The fraction of sp³-hybridized carbons (Fsp3) is 0.308. The summed E-state index contributed by atoms with van der Waals surface area (Å²) in [4.78, 5) is 40.7. The molecule has 2 amide bonds. The summed E-state index contributed by atoms with van der Waals surface area (Å²) in [5.41, 5.74) is 4.90. The molecule has 3 rings (SSSR count). The lowest BCUT2D eigenvalue weighted by Gasteiger charge is -2.49. The third-order valence-corrected chi connectivity index (χ3v) is 4.99. The van der Waals surface area contributed by atoms with Crippen LogP contribution < -0.4 is 11.1 Å². The molecule has 0 saturated carbocycles. The number of carbonyl (C=O) groups is 3. The first-order valence-corrected chi connectivity index (χ1v) is 8.30. The SMILES string of the molecule is Nc1nc(C(=NO)C(=O)NC2C(=O)N3C(C(=O)O)=C(Cl)CCC23)cs1. The molecule has 2 atom stereocenters. The summed E-state index contributed by atoms with van der Waals surface area (Å²) < 4.78 is 0. The molecule has 12 heteroatoms. The molecule has 10 nitrogen and oxygen atoms in total. The average molecular weight is 386 g/mol. The number of oxime groups is 1. The summed E-state index contributed by atoms with van der Waals surface area (Å²) in [7, 11) is 0. The zero-order valence-electron chi connectivity index (χ0n) is 12.5. The van der Waals surface area contributed by atoms with Crippen LogP contribution in [0.1, 0.15) is 18.5 Å². The minimum Gasteiger partial charge on any atom is -0.477 e. The number of hydrogen-bond acceptors (Lipinski definition) is 8. The van der Waals surface area contributed by atoms with Crippen LogP contribution in [-0.2, 0) is 14.4 Å². The predicted molar refractivity (Wildman–Crippen MR) is 87.2 cm³/mol. The van der Waals surface area contributed by atoms with E-state index in [0.717, 1.165) is 16.2 Å². The van der Waals surface area contributed by atoms with E-state index in [4.69, 9.17) is 22.5 Å². The van der Waals surface area contributed by atoms with E-state index >= 15 is 0 Å². The molecule has 2 aliphatic rings. The molecular formula is C13H12ClN5O5S. The zero-order valence-corrected chi connectivity index (χ0v) is 14.0. The Morgan fingerprint density at radius 3 is 2.80 bits per heavy atom. The molecule has 2 aliphatic heterocycles. The molecule has 5 N–H and O–H groups in total. The van der Waals surface area contributed by atoms with Crippen molar-refractivity contribution in [2.24, 2.45) is 5.16 Å². The van der Waals surface area contributed by atoms with Gasteiger partial charge in [-0.2, -0.15) is 0 Å². The number of fused-ring (bicyclic) bond motifs is 1. The molecule has 0 spiro atoms. The highest BCUT2D eigenvalue weighted by Gasteiger charge is 2.53. The molecule has 0 aromatic carbocycles. The number of rotatable bonds is 4. The number of nitrogens with zero attached hydrogens (tertiary/aromatic N) is 3. The number of anilines is 1. The second kappa shape index (κ2) is 6.33. The number of thiazole rings is 1. The summed E-state index contributed by atoms with van der Waals surface area (Å²) in [6.45, 7) is 0. The van der Waals surface area contributed by atoms with Crippen LogP contribution in [-0.4, -0.2) is 55.8 Å². The molecule has 1 saturated heterocycles. The smallest absolute Gasteiger partial charge is 0.353 e. The van der Waals surface area contributed by atoms with Gasteiger partial charge in [-0.05, 0) is 12.8 Å². The van der Waals surface area contributed by atoms with Crippen molar-refractivity contribution in [1.82, 2.24) is 15.2 Å². The third-order valence-electron chi connectivity index (χ3n) is 3.95. The second-order valence-electron chi connectivity index (χ2n) is 5.34. The molecule has 3 heterocycles. The molecule has 1 fully saturated rings. The van der Waals surface area contributed by atoms with Crippen molar-refractivity contribution in [1.29, 1.82) is 0 Å². The lowest BCUT2D eigenvalue weighted by molar-refractivity contribution is -0.155. The van der Waals surface area contributed by atoms with Crippen LogP contribution >= 0.6 is 22.9 Å². The van der Waals surface area contributed by atoms with Gasteiger partial charge in [0.2, 0.25) is 0 Å². The largest absolute Gasteiger partial charge is 0.477 e. The van der Waals surface area contributed by atoms with Crippen LogP contribution in [0.3, 0.4) is 0 Å². The molecule has 1 aromatic heterocycles. The highest BCUT2D eigenvalue weighted by molar-refractivity contribution is 7.13. The highest BCUT2D eigenvalue weighted by Crippen LogP contribution is 2.38. The molecule has 0 radical (unpaired) electrons. The standard InChI is InChI=1S/C13H12ClN5O5S/c14-4-1-2-6-8(11(21)19(6)9(4)12(22)23)17-10(20)7(18-24)5-3-25-13(15)16-5/h3,6,8,24H,1-2H2,(H2,15,16)(H,17,20)(H,22,23). The van der Waals surface area contributed by atoms with Crippen LogP contribution in [0.4, 0.5) is 5.13 Å². The van der Waals surface area contributed by atoms with Crippen LogP contribution in [0.5, 0.6) is 0 Å². The number of nitrogens with one attached hydrogen (secondary N) is 1. The summed E-state index contributed by atoms with van der Waals surface area (Å²) in [6, 6.07) is -1.45. The fourth-order valence-corrected chi connectivity index (χ4v) is 3.66. The Bertz CT molecular complexity index is 835. The summed E-state index contributed by atoms with van der Waals surface area (Å²) in [5, 5.41) is 25.3. The van der Waals surface area contributed by atoms with Crippen LogP contribution in [0.2, 0.25) is 0 Å². The monoisotopic (exact) mass is 385 g/mol. The van der Waals surface area contributed by atoms with Gasteiger partial charge in [-0.1, -0.05) is 16.8 Å². The van der Waals surface area contributed by atoms with Gasteiger partial charge in [0.25, 0.3) is 11.8 Å². The Kier molecular flexibility index (Phi) is 4.35. The van der Waals surface area contributed by atoms with E-state index in [9.17, 15) is 19.5 Å². The quantitative estimate of drug-likeness (QED) is 0.244. The van der Waals surface area contributed by atoms with Crippen molar-refractivity contribution in [3.05, 3.63) is 21.8 Å². The number of β-lactam (4-membered cyclic amide) rings is 1. The van der Waals surface area contributed by atoms with E-state index in [1.165, 1.54) is 5.38 Å². The molecule has 1 aromatic rings. The number of aromatic nitrogens is 1. The normalized spacial score (nSPS) is 23.2. The molecule has 0 aliphatic carbocycles. The zero-order chi connectivity index (χ0) is 18.3. The van der Waals surface area contributed by atoms with E-state index in [1.807, 2.05) is 0 Å². The fourth-order valence-electron chi connectivity index (χ4n) is 2.84. The first kappa shape index (κ1) is 17.2. The number of aliphatic carboxylic acids is 1. The van der Waals surface area contributed by atoms with Crippen molar-refractivity contribution in [3.63, 3.8) is 0 Å². The number of hydrogen-bond donors (Lipinski definition) is 4. The Balaban J connectivity index is 1.76. The van der Waals surface area contributed by atoms with Crippen LogP contribution in [0.25, 0.3) is 0 Å². The van der Waals surface area contributed by atoms with Crippen molar-refractivity contribution >= 4 is 51.6 Å². The maximum Gasteiger partial charge on any atom is 0.353 e. The number of carboxylic acids is 1. The van der Waals surface area contributed by atoms with Gasteiger partial charge < -0.3 is 21.4 Å². The van der Waals surface area contributed by atoms with Gasteiger partial charge in [-0.25, -0.2) is 9.78 Å². The maximum absolute atomic E-state index is 12.3. The van der Waals surface area contributed by atoms with Gasteiger partial charge in [0, 0.05) is 10.4 Å². The minimum absolute atomic E-state index is 0.0731. The molecule has 25 heavy (non-hydrogen) atoms. The van der Waals surface area contributed by atoms with Crippen LogP contribution in [0, 0.1) is 0 Å². The highest BCUT2D eigenvalue weighted by atomic mass is 35.5. The Morgan fingerprint density at radius 1 is 1.52 bits per heavy atom. The topological polar surface area (TPSA) is 158 Å². The number of nitrogens with two attached hydrogens (primary N) is 1. The van der Waals surface area contributed by atoms with Gasteiger partial charge in [0.15, 0.2) is 10.8 Å².